The van der Waals surface area contributed by atoms with Gasteiger partial charge in [0.15, 0.2) is 0 Å². The third-order valence-corrected chi connectivity index (χ3v) is 2.00. The Morgan fingerprint density at radius 1 is 1.27 bits per heavy atom. The lowest BCUT2D eigenvalue weighted by atomic mass is 10.2. The van der Waals surface area contributed by atoms with Gasteiger partial charge in [0.1, 0.15) is 11.3 Å². The van der Waals surface area contributed by atoms with E-state index in [0.717, 1.165) is 16.7 Å². The molecule has 0 bridgehead atoms. The highest BCUT2D eigenvalue weighted by atomic mass is 79.9. The molecule has 55 valence electrons. The Hall–Kier alpha value is -0.760. The first kappa shape index (κ1) is 6.92. The van der Waals surface area contributed by atoms with Gasteiger partial charge in [0.25, 0.3) is 0 Å². The summed E-state index contributed by atoms with van der Waals surface area (Å²) in [4.78, 5) is 0. The first-order chi connectivity index (χ1) is 5.40. The van der Waals surface area contributed by atoms with Crippen LogP contribution in [0.5, 0.6) is 0 Å². The van der Waals surface area contributed by atoms with Crippen LogP contribution in [0.15, 0.2) is 34.7 Å². The number of benzene rings is 1. The molecule has 0 aliphatic rings. The van der Waals surface area contributed by atoms with Crippen molar-refractivity contribution in [1.29, 1.82) is 0 Å². The minimum Gasteiger partial charge on any atom is -0.460 e. The second kappa shape index (κ2) is 2.70. The van der Waals surface area contributed by atoms with Crippen molar-refractivity contribution in [3.63, 3.8) is 0 Å². The van der Waals surface area contributed by atoms with Crippen molar-refractivity contribution in [2.75, 3.05) is 0 Å². The van der Waals surface area contributed by atoms with Crippen molar-refractivity contribution in [1.82, 2.24) is 0 Å². The van der Waals surface area contributed by atoms with Gasteiger partial charge in [-0.2, -0.15) is 0 Å². The van der Waals surface area contributed by atoms with Crippen molar-refractivity contribution in [2.45, 2.75) is 0 Å². The van der Waals surface area contributed by atoms with Crippen LogP contribution >= 0.6 is 15.9 Å². The summed E-state index contributed by atoms with van der Waals surface area (Å²) in [5, 5.41) is 2.91. The quantitative estimate of drug-likeness (QED) is 0.703. The fourth-order valence-corrected chi connectivity index (χ4v) is 1.28. The SMILES string of the molecule is Br[CH]c1cc2ccccc2o1. The Morgan fingerprint density at radius 3 is 2.82 bits per heavy atom. The Labute approximate surface area is 73.1 Å². The molecule has 0 aliphatic carbocycles. The van der Waals surface area contributed by atoms with Gasteiger partial charge in [-0.3, -0.25) is 0 Å². The van der Waals surface area contributed by atoms with Gasteiger partial charge < -0.3 is 4.42 Å². The number of halogens is 1. The van der Waals surface area contributed by atoms with Crippen molar-refractivity contribution in [2.24, 2.45) is 0 Å². The second-order valence-electron chi connectivity index (χ2n) is 2.30. The molecule has 2 heteroatoms. The van der Waals surface area contributed by atoms with Crippen LogP contribution in [-0.2, 0) is 0 Å². The van der Waals surface area contributed by atoms with Crippen LogP contribution in [0.2, 0.25) is 0 Å². The Kier molecular flexibility index (Phi) is 1.70. The average Bonchev–Trinajstić information content (AvgIpc) is 2.46. The highest BCUT2D eigenvalue weighted by molar-refractivity contribution is 9.10. The van der Waals surface area contributed by atoms with E-state index < -0.39 is 0 Å². The van der Waals surface area contributed by atoms with Crippen LogP contribution in [0.1, 0.15) is 5.76 Å². The average molecular weight is 210 g/mol. The summed E-state index contributed by atoms with van der Waals surface area (Å²) in [6.45, 7) is 0. The molecule has 0 unspecified atom stereocenters. The van der Waals surface area contributed by atoms with Gasteiger partial charge in [0.2, 0.25) is 0 Å². The minimum absolute atomic E-state index is 0.853. The molecule has 0 saturated heterocycles. The molecule has 2 rings (SSSR count). The van der Waals surface area contributed by atoms with E-state index in [1.807, 2.05) is 30.3 Å². The second-order valence-corrected chi connectivity index (χ2v) is 2.75. The number of hydrogen-bond acceptors (Lipinski definition) is 1. The molecule has 1 nitrogen and oxygen atoms in total. The highest BCUT2D eigenvalue weighted by Crippen LogP contribution is 2.20. The molecular weight excluding hydrogens is 204 g/mol. The molecule has 0 atom stereocenters. The topological polar surface area (TPSA) is 13.1 Å². The highest BCUT2D eigenvalue weighted by Gasteiger charge is 1.99. The Balaban J connectivity index is 2.69. The molecule has 2 aromatic rings. The van der Waals surface area contributed by atoms with E-state index in [-0.39, 0.29) is 0 Å². The van der Waals surface area contributed by atoms with Gasteiger partial charge in [-0.1, -0.05) is 34.1 Å². The van der Waals surface area contributed by atoms with E-state index in [9.17, 15) is 0 Å². The molecule has 1 aromatic heterocycles. The molecule has 11 heavy (non-hydrogen) atoms. The van der Waals surface area contributed by atoms with Crippen LogP contribution in [0.25, 0.3) is 11.0 Å². The summed E-state index contributed by atoms with van der Waals surface area (Å²) in [6, 6.07) is 9.93. The fourth-order valence-electron chi connectivity index (χ4n) is 1.06. The number of rotatable bonds is 1. The number of para-hydroxylation sites is 1. The summed E-state index contributed by atoms with van der Waals surface area (Å²) in [5.41, 5.74) is 0.929. The van der Waals surface area contributed by atoms with E-state index >= 15 is 0 Å². The van der Waals surface area contributed by atoms with Crippen molar-refractivity contribution >= 4 is 26.9 Å². The van der Waals surface area contributed by atoms with Crippen LogP contribution in [0, 0.1) is 5.33 Å². The monoisotopic (exact) mass is 209 g/mol. The van der Waals surface area contributed by atoms with Gasteiger partial charge >= 0.3 is 0 Å². The van der Waals surface area contributed by atoms with Gasteiger partial charge in [-0.25, -0.2) is 0 Å². The molecule has 1 radical (unpaired) electrons. The maximum atomic E-state index is 5.41. The normalized spacial score (nSPS) is 10.6. The lowest BCUT2D eigenvalue weighted by Gasteiger charge is -1.83. The Bertz CT molecular complexity index is 331. The molecular formula is C9H6BrO. The van der Waals surface area contributed by atoms with Gasteiger partial charge in [-0.15, -0.1) is 0 Å². The van der Waals surface area contributed by atoms with E-state index in [1.54, 1.807) is 5.33 Å². The first-order valence-corrected chi connectivity index (χ1v) is 4.24. The maximum absolute atomic E-state index is 5.41. The molecule has 0 fully saturated rings. The number of furan rings is 1. The van der Waals surface area contributed by atoms with Crippen LogP contribution in [0.3, 0.4) is 0 Å². The molecule has 0 N–H and O–H groups in total. The van der Waals surface area contributed by atoms with E-state index in [2.05, 4.69) is 15.9 Å². The lowest BCUT2D eigenvalue weighted by Crippen LogP contribution is -1.58. The van der Waals surface area contributed by atoms with Crippen LogP contribution < -0.4 is 0 Å². The van der Waals surface area contributed by atoms with E-state index in [4.69, 9.17) is 4.42 Å². The summed E-state index contributed by atoms with van der Waals surface area (Å²) in [7, 11) is 0. The summed E-state index contributed by atoms with van der Waals surface area (Å²) in [5.74, 6) is 0.853. The summed E-state index contributed by atoms with van der Waals surface area (Å²) in [6.07, 6.45) is 0. The van der Waals surface area contributed by atoms with E-state index in [1.165, 1.54) is 0 Å². The molecule has 0 saturated carbocycles. The van der Waals surface area contributed by atoms with Gasteiger partial charge in [0.05, 0.1) is 5.33 Å². The number of fused-ring (bicyclic) bond motifs is 1. The van der Waals surface area contributed by atoms with Gasteiger partial charge in [-0.05, 0) is 12.1 Å². The molecule has 1 aromatic carbocycles. The minimum atomic E-state index is 0.853. The zero-order valence-electron chi connectivity index (χ0n) is 5.75. The first-order valence-electron chi connectivity index (χ1n) is 3.32. The Morgan fingerprint density at radius 2 is 2.09 bits per heavy atom. The third kappa shape index (κ3) is 1.18. The van der Waals surface area contributed by atoms with Crippen molar-refractivity contribution in [3.05, 3.63) is 41.4 Å². The largest absolute Gasteiger partial charge is 0.460 e. The van der Waals surface area contributed by atoms with Crippen LogP contribution in [0.4, 0.5) is 0 Å². The number of hydrogen-bond donors (Lipinski definition) is 0. The zero-order valence-corrected chi connectivity index (χ0v) is 7.34. The smallest absolute Gasteiger partial charge is 0.134 e. The van der Waals surface area contributed by atoms with E-state index in [0.29, 0.717) is 0 Å². The maximum Gasteiger partial charge on any atom is 0.134 e. The fraction of sp³-hybridized carbons (Fsp3) is 0. The van der Waals surface area contributed by atoms with Gasteiger partial charge in [0, 0.05) is 5.39 Å². The molecule has 0 spiro atoms. The van der Waals surface area contributed by atoms with Crippen molar-refractivity contribution in [3.8, 4) is 0 Å². The lowest BCUT2D eigenvalue weighted by molar-refractivity contribution is 0.593. The molecule has 1 heterocycles. The summed E-state index contributed by atoms with van der Waals surface area (Å²) >= 11 is 3.22. The molecule has 0 amide bonds. The summed E-state index contributed by atoms with van der Waals surface area (Å²) < 4.78 is 5.41. The standard InChI is InChI=1S/C9H6BrO/c10-6-8-5-7-3-1-2-4-9(7)11-8/h1-6H. The van der Waals surface area contributed by atoms with Crippen molar-refractivity contribution < 1.29 is 4.42 Å². The predicted octanol–water partition coefficient (Wildman–Crippen LogP) is 3.34. The predicted molar refractivity (Wildman–Crippen MR) is 48.5 cm³/mol. The zero-order chi connectivity index (χ0) is 7.68. The molecule has 0 aliphatic heterocycles. The third-order valence-electron chi connectivity index (χ3n) is 1.55. The van der Waals surface area contributed by atoms with Crippen LogP contribution in [-0.4, -0.2) is 0 Å².